The predicted octanol–water partition coefficient (Wildman–Crippen LogP) is 4.36. The Morgan fingerprint density at radius 1 is 1.24 bits per heavy atom. The van der Waals surface area contributed by atoms with Crippen LogP contribution in [0.1, 0.15) is 31.0 Å². The van der Waals surface area contributed by atoms with Crippen LogP contribution in [0.5, 0.6) is 11.6 Å². The number of halogens is 1. The summed E-state index contributed by atoms with van der Waals surface area (Å²) in [5.74, 6) is 3.16. The van der Waals surface area contributed by atoms with Gasteiger partial charge in [0.2, 0.25) is 5.88 Å². The number of hydrogen-bond donors (Lipinski definition) is 1. The zero-order valence-electron chi connectivity index (χ0n) is 21.2. The smallest absolute Gasteiger partial charge is 0.227 e. The Morgan fingerprint density at radius 3 is 2.70 bits per heavy atom. The normalized spacial score (nSPS) is 16.1. The summed E-state index contributed by atoms with van der Waals surface area (Å²) in [4.78, 5) is 2.16. The number of ether oxygens (including phenoxy) is 3. The zero-order valence-corrected chi connectivity index (χ0v) is 21.2. The molecular weight excluding hydrogens is 473 g/mol. The van der Waals surface area contributed by atoms with E-state index in [-0.39, 0.29) is 25.1 Å². The van der Waals surface area contributed by atoms with E-state index in [0.717, 1.165) is 36.4 Å². The molecule has 4 rings (SSSR count). The fourth-order valence-electron chi connectivity index (χ4n) is 4.49. The lowest BCUT2D eigenvalue weighted by Gasteiger charge is -2.27. The van der Waals surface area contributed by atoms with Gasteiger partial charge >= 0.3 is 0 Å². The van der Waals surface area contributed by atoms with Crippen molar-refractivity contribution in [2.45, 2.75) is 44.9 Å². The van der Waals surface area contributed by atoms with Gasteiger partial charge in [-0.3, -0.25) is 4.90 Å². The minimum atomic E-state index is -0.717. The Hall–Kier alpha value is -3.22. The molecule has 0 aliphatic carbocycles. The maximum absolute atomic E-state index is 13.6. The topological polar surface area (TPSA) is 69.0 Å². The van der Waals surface area contributed by atoms with Crippen LogP contribution < -0.4 is 4.74 Å². The Labute approximate surface area is 217 Å². The number of aliphatic hydroxyl groups is 1. The third-order valence-electron chi connectivity index (χ3n) is 6.22. The largest absolute Gasteiger partial charge is 0.439 e. The number of benzene rings is 2. The first-order valence-corrected chi connectivity index (χ1v) is 12.7. The molecule has 2 heterocycles. The van der Waals surface area contributed by atoms with Crippen molar-refractivity contribution < 1.29 is 23.7 Å². The second-order valence-electron chi connectivity index (χ2n) is 9.09. The molecule has 1 fully saturated rings. The molecular formula is C29H34FN3O4. The summed E-state index contributed by atoms with van der Waals surface area (Å²) in [5.41, 5.74) is 2.65. The van der Waals surface area contributed by atoms with Crippen LogP contribution in [0.2, 0.25) is 0 Å². The highest BCUT2D eigenvalue weighted by molar-refractivity contribution is 5.43. The van der Waals surface area contributed by atoms with Crippen LogP contribution in [0.4, 0.5) is 4.39 Å². The number of aryl methyl sites for hydroxylation is 1. The quantitative estimate of drug-likeness (QED) is 0.274. The molecule has 8 heteroatoms. The van der Waals surface area contributed by atoms with Crippen LogP contribution in [0.3, 0.4) is 0 Å². The van der Waals surface area contributed by atoms with Gasteiger partial charge in [-0.1, -0.05) is 31.0 Å². The number of nitrogens with zero attached hydrogens (tertiary/aromatic N) is 3. The summed E-state index contributed by atoms with van der Waals surface area (Å²) in [7, 11) is 0. The molecule has 0 saturated carbocycles. The van der Waals surface area contributed by atoms with Gasteiger partial charge in [0.05, 0.1) is 35.8 Å². The molecule has 196 valence electrons. The summed E-state index contributed by atoms with van der Waals surface area (Å²) in [6.07, 6.45) is 7.34. The Kier molecular flexibility index (Phi) is 9.69. The highest BCUT2D eigenvalue weighted by atomic mass is 19.1. The SMILES string of the molecule is C#CCOC[C@H](O)CN(Cc1c(CC)nn(-c2ccccc2)c1Oc1ccc(F)cc1)C[C@@H]1CCCO1. The number of hydrogen-bond acceptors (Lipinski definition) is 6. The molecule has 1 N–H and O–H groups in total. The molecule has 0 amide bonds. The van der Waals surface area contributed by atoms with E-state index in [9.17, 15) is 9.50 Å². The predicted molar refractivity (Wildman–Crippen MR) is 139 cm³/mol. The molecule has 37 heavy (non-hydrogen) atoms. The lowest BCUT2D eigenvalue weighted by molar-refractivity contribution is 0.00933. The van der Waals surface area contributed by atoms with E-state index >= 15 is 0 Å². The molecule has 7 nitrogen and oxygen atoms in total. The molecule has 2 atom stereocenters. The maximum atomic E-state index is 13.6. The summed E-state index contributed by atoms with van der Waals surface area (Å²) in [5, 5.41) is 15.6. The van der Waals surface area contributed by atoms with Crippen molar-refractivity contribution in [2.24, 2.45) is 0 Å². The van der Waals surface area contributed by atoms with Crippen molar-refractivity contribution in [3.8, 4) is 29.7 Å². The Morgan fingerprint density at radius 2 is 2.03 bits per heavy atom. The number of terminal acetylenes is 1. The van der Waals surface area contributed by atoms with Gasteiger partial charge in [0.15, 0.2) is 0 Å². The monoisotopic (exact) mass is 507 g/mol. The first-order valence-electron chi connectivity index (χ1n) is 12.7. The Balaban J connectivity index is 1.67. The molecule has 1 saturated heterocycles. The standard InChI is InChI=1S/C29H34FN3O4/c1-3-16-35-21-24(34)18-32(19-26-11-8-17-36-26)20-27-28(4-2)31-33(23-9-6-5-7-10-23)29(27)37-25-14-12-22(30)13-15-25/h1,5-7,9-10,12-15,24,26,34H,4,8,11,16-21H2,2H3/t24-,26+/m1/s1. The second kappa shape index (κ2) is 13.4. The lowest BCUT2D eigenvalue weighted by atomic mass is 10.1. The van der Waals surface area contributed by atoms with Crippen LogP contribution in [-0.4, -0.2) is 64.9 Å². The van der Waals surface area contributed by atoms with Crippen LogP contribution in [-0.2, 0) is 22.4 Å². The highest BCUT2D eigenvalue weighted by Crippen LogP contribution is 2.32. The zero-order chi connectivity index (χ0) is 26.0. The molecule has 1 aliphatic heterocycles. The maximum Gasteiger partial charge on any atom is 0.227 e. The van der Waals surface area contributed by atoms with E-state index in [1.807, 2.05) is 30.3 Å². The molecule has 1 aromatic heterocycles. The molecule has 0 radical (unpaired) electrons. The highest BCUT2D eigenvalue weighted by Gasteiger charge is 2.26. The number of rotatable bonds is 13. The van der Waals surface area contributed by atoms with Crippen molar-refractivity contribution in [3.05, 3.63) is 71.7 Å². The van der Waals surface area contributed by atoms with E-state index in [2.05, 4.69) is 17.7 Å². The second-order valence-corrected chi connectivity index (χ2v) is 9.09. The van der Waals surface area contributed by atoms with E-state index in [1.165, 1.54) is 12.1 Å². The number of para-hydroxylation sites is 1. The van der Waals surface area contributed by atoms with Gasteiger partial charge in [-0.15, -0.1) is 6.42 Å². The van der Waals surface area contributed by atoms with Crippen molar-refractivity contribution in [1.29, 1.82) is 0 Å². The van der Waals surface area contributed by atoms with Gasteiger partial charge in [-0.05, 0) is 55.7 Å². The molecule has 0 unspecified atom stereocenters. The van der Waals surface area contributed by atoms with Crippen LogP contribution in [0.25, 0.3) is 5.69 Å². The van der Waals surface area contributed by atoms with E-state index in [4.69, 9.17) is 25.7 Å². The average Bonchev–Trinajstić information content (AvgIpc) is 3.54. The minimum absolute atomic E-state index is 0.0922. The van der Waals surface area contributed by atoms with Gasteiger partial charge in [-0.25, -0.2) is 9.07 Å². The molecule has 3 aromatic rings. The molecule has 0 spiro atoms. The number of aliphatic hydroxyl groups excluding tert-OH is 1. The van der Waals surface area contributed by atoms with Crippen molar-refractivity contribution in [3.63, 3.8) is 0 Å². The molecule has 2 aromatic carbocycles. The van der Waals surface area contributed by atoms with Crippen LogP contribution >= 0.6 is 0 Å². The summed E-state index contributed by atoms with van der Waals surface area (Å²) >= 11 is 0. The molecule has 0 bridgehead atoms. The first kappa shape index (κ1) is 26.8. The third-order valence-corrected chi connectivity index (χ3v) is 6.22. The van der Waals surface area contributed by atoms with Crippen molar-refractivity contribution in [1.82, 2.24) is 14.7 Å². The van der Waals surface area contributed by atoms with E-state index < -0.39 is 6.10 Å². The summed E-state index contributed by atoms with van der Waals surface area (Å²) in [6.45, 7) is 4.62. The summed E-state index contributed by atoms with van der Waals surface area (Å²) < 4.78 is 33.0. The lowest BCUT2D eigenvalue weighted by Crippen LogP contribution is -2.39. The van der Waals surface area contributed by atoms with Gasteiger partial charge < -0.3 is 19.3 Å². The van der Waals surface area contributed by atoms with Gasteiger partial charge in [-0.2, -0.15) is 5.10 Å². The van der Waals surface area contributed by atoms with Gasteiger partial charge in [0.1, 0.15) is 18.2 Å². The number of aromatic nitrogens is 2. The fraction of sp³-hybridized carbons (Fsp3) is 0.414. The third kappa shape index (κ3) is 7.40. The fourth-order valence-corrected chi connectivity index (χ4v) is 4.49. The van der Waals surface area contributed by atoms with E-state index in [1.54, 1.807) is 16.8 Å². The van der Waals surface area contributed by atoms with Crippen LogP contribution in [0.15, 0.2) is 54.6 Å². The minimum Gasteiger partial charge on any atom is -0.439 e. The summed E-state index contributed by atoms with van der Waals surface area (Å²) in [6, 6.07) is 15.7. The van der Waals surface area contributed by atoms with Crippen LogP contribution in [0, 0.1) is 18.2 Å². The van der Waals surface area contributed by atoms with E-state index in [0.29, 0.717) is 37.7 Å². The first-order chi connectivity index (χ1) is 18.1. The average molecular weight is 508 g/mol. The van der Waals surface area contributed by atoms with Gasteiger partial charge in [0, 0.05) is 26.2 Å². The Bertz CT molecular complexity index is 1150. The van der Waals surface area contributed by atoms with Gasteiger partial charge in [0.25, 0.3) is 0 Å². The molecule has 1 aliphatic rings. The van der Waals surface area contributed by atoms with Crippen molar-refractivity contribution in [2.75, 3.05) is 32.9 Å². The van der Waals surface area contributed by atoms with Crippen molar-refractivity contribution >= 4 is 0 Å².